The van der Waals surface area contributed by atoms with E-state index >= 15 is 0 Å². The van der Waals surface area contributed by atoms with Crippen LogP contribution in [0.15, 0.2) is 18.2 Å². The maximum Gasteiger partial charge on any atom is 0.139 e. The van der Waals surface area contributed by atoms with Gasteiger partial charge in [-0.25, -0.2) is 0 Å². The average molecular weight is 224 g/mol. The molecule has 0 atom stereocenters. The lowest BCUT2D eigenvalue weighted by molar-refractivity contribution is 0.306. The molecule has 0 bridgehead atoms. The molecule has 1 aromatic carbocycles. The van der Waals surface area contributed by atoms with Crippen LogP contribution in [0.4, 0.5) is 0 Å². The summed E-state index contributed by atoms with van der Waals surface area (Å²) in [5.41, 5.74) is 0.574. The smallest absolute Gasteiger partial charge is 0.139 e. The quantitative estimate of drug-likeness (QED) is 0.712. The lowest BCUT2D eigenvalue weighted by Gasteiger charge is -2.07. The van der Waals surface area contributed by atoms with Crippen molar-refractivity contribution in [1.29, 1.82) is 5.26 Å². The molecule has 0 saturated carbocycles. The van der Waals surface area contributed by atoms with Crippen LogP contribution in [0.25, 0.3) is 0 Å². The molecule has 0 aliphatic carbocycles. The van der Waals surface area contributed by atoms with E-state index in [1.54, 1.807) is 18.2 Å². The Bertz CT molecular complexity index is 357. The predicted octanol–water partition coefficient (Wildman–Crippen LogP) is 3.78. The van der Waals surface area contributed by atoms with Crippen LogP contribution < -0.4 is 4.74 Å². The molecule has 3 heteroatoms. The van der Waals surface area contributed by atoms with Gasteiger partial charge in [-0.1, -0.05) is 31.4 Å². The van der Waals surface area contributed by atoms with Crippen molar-refractivity contribution in [1.82, 2.24) is 0 Å². The van der Waals surface area contributed by atoms with Crippen molar-refractivity contribution in [3.8, 4) is 11.8 Å². The third kappa shape index (κ3) is 3.81. The van der Waals surface area contributed by atoms with Crippen LogP contribution in [0, 0.1) is 11.3 Å². The number of nitriles is 1. The molecular weight excluding hydrogens is 210 g/mol. The summed E-state index contributed by atoms with van der Waals surface area (Å²) in [4.78, 5) is 0. The highest BCUT2D eigenvalue weighted by molar-refractivity contribution is 6.32. The van der Waals surface area contributed by atoms with E-state index in [4.69, 9.17) is 21.6 Å². The van der Waals surface area contributed by atoms with Crippen LogP contribution in [0.1, 0.15) is 31.7 Å². The molecule has 0 aliphatic heterocycles. The lowest BCUT2D eigenvalue weighted by atomic mass is 10.2. The highest BCUT2D eigenvalue weighted by Crippen LogP contribution is 2.25. The first kappa shape index (κ1) is 11.9. The third-order valence-corrected chi connectivity index (χ3v) is 2.38. The molecule has 2 nitrogen and oxygen atoms in total. The summed E-state index contributed by atoms with van der Waals surface area (Å²) in [6.07, 6.45) is 3.33. The molecule has 80 valence electrons. The minimum atomic E-state index is 0.561. The maximum atomic E-state index is 8.71. The molecule has 1 aromatic rings. The summed E-state index contributed by atoms with van der Waals surface area (Å²) >= 11 is 5.93. The number of unbranched alkanes of at least 4 members (excludes halogenated alkanes) is 2. The van der Waals surface area contributed by atoms with Crippen LogP contribution >= 0.6 is 11.6 Å². The number of nitrogens with zero attached hydrogens (tertiary/aromatic N) is 1. The Morgan fingerprint density at radius 2 is 2.20 bits per heavy atom. The van der Waals surface area contributed by atoms with Gasteiger partial charge < -0.3 is 4.74 Å². The molecule has 0 amide bonds. The third-order valence-electron chi connectivity index (χ3n) is 2.07. The van der Waals surface area contributed by atoms with E-state index < -0.39 is 0 Å². The zero-order valence-corrected chi connectivity index (χ0v) is 9.55. The Balaban J connectivity index is 2.56. The first-order valence-corrected chi connectivity index (χ1v) is 5.48. The molecule has 0 aliphatic rings. The van der Waals surface area contributed by atoms with Gasteiger partial charge in [-0.2, -0.15) is 5.26 Å². The normalized spacial score (nSPS) is 9.67. The summed E-state index contributed by atoms with van der Waals surface area (Å²) < 4.78 is 5.50. The van der Waals surface area contributed by atoms with Gasteiger partial charge in [0.15, 0.2) is 0 Å². The van der Waals surface area contributed by atoms with Gasteiger partial charge in [-0.05, 0) is 24.6 Å². The molecular formula is C12H14ClNO. The second-order valence-electron chi connectivity index (χ2n) is 3.31. The number of ether oxygens (including phenoxy) is 1. The largest absolute Gasteiger partial charge is 0.492 e. The molecule has 0 heterocycles. The van der Waals surface area contributed by atoms with Crippen molar-refractivity contribution in [3.63, 3.8) is 0 Å². The van der Waals surface area contributed by atoms with Crippen molar-refractivity contribution >= 4 is 11.6 Å². The summed E-state index contributed by atoms with van der Waals surface area (Å²) in [6, 6.07) is 7.10. The van der Waals surface area contributed by atoms with Crippen molar-refractivity contribution < 1.29 is 4.74 Å². The Hall–Kier alpha value is -1.20. The molecule has 0 N–H and O–H groups in total. The first-order valence-electron chi connectivity index (χ1n) is 5.10. The minimum absolute atomic E-state index is 0.561. The van der Waals surface area contributed by atoms with Crippen LogP contribution in [-0.2, 0) is 0 Å². The highest BCUT2D eigenvalue weighted by Gasteiger charge is 2.02. The SMILES string of the molecule is CCCCCOc1cc(C#N)ccc1Cl. The van der Waals surface area contributed by atoms with E-state index in [9.17, 15) is 0 Å². The van der Waals surface area contributed by atoms with E-state index in [2.05, 4.69) is 13.0 Å². The second-order valence-corrected chi connectivity index (χ2v) is 3.72. The zero-order valence-electron chi connectivity index (χ0n) is 8.79. The number of halogens is 1. The van der Waals surface area contributed by atoms with Crippen molar-refractivity contribution in [2.24, 2.45) is 0 Å². The Morgan fingerprint density at radius 1 is 1.40 bits per heavy atom. The number of hydrogen-bond donors (Lipinski definition) is 0. The van der Waals surface area contributed by atoms with Crippen molar-refractivity contribution in [2.75, 3.05) is 6.61 Å². The molecule has 0 aromatic heterocycles. The lowest BCUT2D eigenvalue weighted by Crippen LogP contribution is -1.97. The van der Waals surface area contributed by atoms with E-state index in [0.29, 0.717) is 22.9 Å². The summed E-state index contributed by atoms with van der Waals surface area (Å²) in [6.45, 7) is 2.80. The van der Waals surface area contributed by atoms with Crippen LogP contribution in [-0.4, -0.2) is 6.61 Å². The molecule has 0 saturated heterocycles. The standard InChI is InChI=1S/C12H14ClNO/c1-2-3-4-7-15-12-8-10(9-14)5-6-11(12)13/h5-6,8H,2-4,7H2,1H3. The summed E-state index contributed by atoms with van der Waals surface area (Å²) in [5.74, 6) is 0.604. The Kier molecular flexibility index (Phi) is 5.00. The summed E-state index contributed by atoms with van der Waals surface area (Å²) in [7, 11) is 0. The topological polar surface area (TPSA) is 33.0 Å². The predicted molar refractivity (Wildman–Crippen MR) is 61.2 cm³/mol. The van der Waals surface area contributed by atoms with Crippen molar-refractivity contribution in [2.45, 2.75) is 26.2 Å². The van der Waals surface area contributed by atoms with E-state index in [1.165, 1.54) is 0 Å². The van der Waals surface area contributed by atoms with Gasteiger partial charge in [0.05, 0.1) is 23.3 Å². The van der Waals surface area contributed by atoms with Crippen LogP contribution in [0.5, 0.6) is 5.75 Å². The molecule has 0 fully saturated rings. The molecule has 0 unspecified atom stereocenters. The van der Waals surface area contributed by atoms with Crippen LogP contribution in [0.2, 0.25) is 5.02 Å². The van der Waals surface area contributed by atoms with E-state index in [-0.39, 0.29) is 0 Å². The maximum absolute atomic E-state index is 8.71. The van der Waals surface area contributed by atoms with Gasteiger partial charge in [0.25, 0.3) is 0 Å². The first-order chi connectivity index (χ1) is 7.27. The molecule has 15 heavy (non-hydrogen) atoms. The number of rotatable bonds is 5. The number of benzene rings is 1. The minimum Gasteiger partial charge on any atom is -0.492 e. The van der Waals surface area contributed by atoms with Crippen molar-refractivity contribution in [3.05, 3.63) is 28.8 Å². The highest BCUT2D eigenvalue weighted by atomic mass is 35.5. The summed E-state index contributed by atoms with van der Waals surface area (Å²) in [5, 5.41) is 9.27. The van der Waals surface area contributed by atoms with Crippen LogP contribution in [0.3, 0.4) is 0 Å². The monoisotopic (exact) mass is 223 g/mol. The molecule has 0 spiro atoms. The van der Waals surface area contributed by atoms with Gasteiger partial charge in [0.2, 0.25) is 0 Å². The van der Waals surface area contributed by atoms with Gasteiger partial charge in [0.1, 0.15) is 5.75 Å². The average Bonchev–Trinajstić information content (AvgIpc) is 2.26. The van der Waals surface area contributed by atoms with E-state index in [1.807, 2.05) is 0 Å². The number of hydrogen-bond acceptors (Lipinski definition) is 2. The zero-order chi connectivity index (χ0) is 11.1. The molecule has 1 rings (SSSR count). The van der Waals surface area contributed by atoms with Gasteiger partial charge in [-0.15, -0.1) is 0 Å². The Morgan fingerprint density at radius 3 is 2.87 bits per heavy atom. The Labute approximate surface area is 95.4 Å². The fourth-order valence-electron chi connectivity index (χ4n) is 1.22. The fourth-order valence-corrected chi connectivity index (χ4v) is 1.39. The van der Waals surface area contributed by atoms with Gasteiger partial charge in [-0.3, -0.25) is 0 Å². The van der Waals surface area contributed by atoms with E-state index in [0.717, 1.165) is 19.3 Å². The second kappa shape index (κ2) is 6.31. The van der Waals surface area contributed by atoms with Gasteiger partial charge in [0, 0.05) is 0 Å². The molecule has 0 radical (unpaired) electrons. The van der Waals surface area contributed by atoms with Gasteiger partial charge >= 0.3 is 0 Å². The fraction of sp³-hybridized carbons (Fsp3) is 0.417.